The Labute approximate surface area is 159 Å². The molecule has 0 spiro atoms. The van der Waals surface area contributed by atoms with E-state index in [4.69, 9.17) is 0 Å². The number of carbonyl (C=O) groups is 1. The molecule has 0 saturated heterocycles. The van der Waals surface area contributed by atoms with Crippen molar-refractivity contribution in [1.29, 1.82) is 0 Å². The van der Waals surface area contributed by atoms with Crippen LogP contribution in [-0.4, -0.2) is 71.3 Å². The first-order chi connectivity index (χ1) is 13.1. The van der Waals surface area contributed by atoms with Gasteiger partial charge in [-0.25, -0.2) is 4.99 Å². The summed E-state index contributed by atoms with van der Waals surface area (Å²) >= 11 is 0. The van der Waals surface area contributed by atoms with Crippen LogP contribution >= 0.6 is 0 Å². The first-order valence-corrected chi connectivity index (χ1v) is 9.44. The minimum atomic E-state index is -0.618. The molecular formula is C20H25N5O2. The normalized spacial score (nSPS) is 22.6. The summed E-state index contributed by atoms with van der Waals surface area (Å²) in [5.41, 5.74) is 3.04. The van der Waals surface area contributed by atoms with Crippen molar-refractivity contribution in [2.75, 3.05) is 26.2 Å². The molecule has 0 aliphatic carbocycles. The van der Waals surface area contributed by atoms with E-state index in [1.165, 1.54) is 11.1 Å². The molecule has 0 bridgehead atoms. The molecule has 0 radical (unpaired) electrons. The van der Waals surface area contributed by atoms with Crippen molar-refractivity contribution in [1.82, 2.24) is 15.1 Å². The largest absolute Gasteiger partial charge is 0.390 e. The van der Waals surface area contributed by atoms with Gasteiger partial charge in [0.2, 0.25) is 0 Å². The summed E-state index contributed by atoms with van der Waals surface area (Å²) in [6.45, 7) is 5.32. The molecule has 7 heteroatoms. The average Bonchev–Trinajstić information content (AvgIpc) is 3.05. The maximum absolute atomic E-state index is 12.3. The van der Waals surface area contributed by atoms with Crippen LogP contribution in [0.15, 0.2) is 46.0 Å². The highest BCUT2D eigenvalue weighted by molar-refractivity contribution is 6.10. The lowest BCUT2D eigenvalue weighted by Crippen LogP contribution is -2.42. The van der Waals surface area contributed by atoms with Crippen LogP contribution in [0.4, 0.5) is 0 Å². The number of rotatable bonds is 5. The molecule has 1 aromatic carbocycles. The standard InChI is InChI=1S/C20H25N5O2/c1-14-10-25-13-22-18(8-19(25)23-14)20(27)21-9-17(26)12-24-7-6-15-4-2-3-5-16(15)11-24/h2-5,8,13-14,17,26H,6-7,9-12H2,1H3,(H,21,27)/t14-,17+/m1/s1. The number of aliphatic imine (C=N–C) groups is 2. The topological polar surface area (TPSA) is 80.5 Å². The fourth-order valence-electron chi connectivity index (χ4n) is 3.73. The van der Waals surface area contributed by atoms with Crippen LogP contribution < -0.4 is 5.32 Å². The number of hydrogen-bond acceptors (Lipinski definition) is 6. The number of amidine groups is 1. The van der Waals surface area contributed by atoms with E-state index >= 15 is 0 Å². The van der Waals surface area contributed by atoms with E-state index in [9.17, 15) is 9.90 Å². The average molecular weight is 367 g/mol. The minimum Gasteiger partial charge on any atom is -0.390 e. The Balaban J connectivity index is 1.27. The molecule has 0 fully saturated rings. The Bertz CT molecular complexity index is 816. The van der Waals surface area contributed by atoms with E-state index in [2.05, 4.69) is 38.4 Å². The molecule has 7 nitrogen and oxygen atoms in total. The Kier molecular flexibility index (Phi) is 5.05. The molecule has 3 heterocycles. The summed E-state index contributed by atoms with van der Waals surface area (Å²) in [7, 11) is 0. The van der Waals surface area contributed by atoms with Crippen molar-refractivity contribution in [3.8, 4) is 0 Å². The maximum atomic E-state index is 12.3. The van der Waals surface area contributed by atoms with Crippen LogP contribution in [0.5, 0.6) is 0 Å². The van der Waals surface area contributed by atoms with Crippen LogP contribution in [0.25, 0.3) is 0 Å². The molecule has 2 N–H and O–H groups in total. The Hall–Kier alpha value is -2.51. The maximum Gasteiger partial charge on any atom is 0.270 e. The monoisotopic (exact) mass is 367 g/mol. The third-order valence-corrected chi connectivity index (χ3v) is 5.12. The van der Waals surface area contributed by atoms with Crippen molar-refractivity contribution in [3.63, 3.8) is 0 Å². The predicted molar refractivity (Wildman–Crippen MR) is 105 cm³/mol. The summed E-state index contributed by atoms with van der Waals surface area (Å²) < 4.78 is 0. The Morgan fingerprint density at radius 2 is 2.19 bits per heavy atom. The quantitative estimate of drug-likeness (QED) is 0.797. The van der Waals surface area contributed by atoms with Gasteiger partial charge in [-0.15, -0.1) is 0 Å². The van der Waals surface area contributed by atoms with Crippen molar-refractivity contribution in [3.05, 3.63) is 47.2 Å². The third-order valence-electron chi connectivity index (χ3n) is 5.12. The van der Waals surface area contributed by atoms with Gasteiger partial charge >= 0.3 is 0 Å². The zero-order chi connectivity index (χ0) is 18.8. The number of nitrogens with zero attached hydrogens (tertiary/aromatic N) is 4. The highest BCUT2D eigenvalue weighted by atomic mass is 16.3. The number of benzene rings is 1. The number of hydrogen-bond donors (Lipinski definition) is 2. The minimum absolute atomic E-state index is 0.205. The number of fused-ring (bicyclic) bond motifs is 2. The molecular weight excluding hydrogens is 342 g/mol. The molecule has 4 rings (SSSR count). The predicted octanol–water partition coefficient (Wildman–Crippen LogP) is 0.550. The fourth-order valence-corrected chi connectivity index (χ4v) is 3.73. The lowest BCUT2D eigenvalue weighted by atomic mass is 10.00. The van der Waals surface area contributed by atoms with E-state index in [1.807, 2.05) is 17.9 Å². The van der Waals surface area contributed by atoms with Gasteiger partial charge in [-0.1, -0.05) is 24.3 Å². The SMILES string of the molecule is C[C@@H]1CN2C=NC(C(=O)NC[C@H](O)CN3CCc4ccccc4C3)=CC2=N1. The number of β-amino-alcohol motifs (C(OH)–C–C–N with tert-alkyl or cyclic N) is 1. The van der Waals surface area contributed by atoms with Gasteiger partial charge < -0.3 is 15.3 Å². The summed E-state index contributed by atoms with van der Waals surface area (Å²) in [6, 6.07) is 8.63. The Morgan fingerprint density at radius 3 is 3.04 bits per heavy atom. The van der Waals surface area contributed by atoms with Crippen LogP contribution in [0.2, 0.25) is 0 Å². The molecule has 142 valence electrons. The van der Waals surface area contributed by atoms with E-state index in [0.717, 1.165) is 31.9 Å². The molecule has 3 aliphatic heterocycles. The van der Waals surface area contributed by atoms with Crippen LogP contribution in [0.1, 0.15) is 18.1 Å². The number of nitrogens with one attached hydrogen (secondary N) is 1. The Morgan fingerprint density at radius 1 is 1.37 bits per heavy atom. The van der Waals surface area contributed by atoms with Gasteiger partial charge in [0.05, 0.1) is 18.5 Å². The van der Waals surface area contributed by atoms with E-state index in [1.54, 1.807) is 12.4 Å². The van der Waals surface area contributed by atoms with Gasteiger partial charge in [0.25, 0.3) is 5.91 Å². The number of amides is 1. The number of carbonyl (C=O) groups excluding carboxylic acids is 1. The van der Waals surface area contributed by atoms with E-state index < -0.39 is 6.10 Å². The van der Waals surface area contributed by atoms with Gasteiger partial charge in [-0.3, -0.25) is 14.7 Å². The molecule has 3 aliphatic rings. The molecule has 0 saturated carbocycles. The lowest BCUT2D eigenvalue weighted by molar-refractivity contribution is -0.118. The third kappa shape index (κ3) is 4.09. The highest BCUT2D eigenvalue weighted by Crippen LogP contribution is 2.18. The zero-order valence-electron chi connectivity index (χ0n) is 15.5. The molecule has 1 amide bonds. The smallest absolute Gasteiger partial charge is 0.270 e. The van der Waals surface area contributed by atoms with Gasteiger partial charge in [0, 0.05) is 38.8 Å². The number of aliphatic hydroxyl groups is 1. The van der Waals surface area contributed by atoms with Gasteiger partial charge in [0.15, 0.2) is 0 Å². The first kappa shape index (κ1) is 17.9. The first-order valence-electron chi connectivity index (χ1n) is 9.44. The van der Waals surface area contributed by atoms with Crippen LogP contribution in [0, 0.1) is 0 Å². The van der Waals surface area contributed by atoms with Crippen molar-refractivity contribution >= 4 is 18.1 Å². The van der Waals surface area contributed by atoms with Gasteiger partial charge in [-0.05, 0) is 24.5 Å². The molecule has 0 aromatic heterocycles. The summed E-state index contributed by atoms with van der Waals surface area (Å²) in [6.07, 6.45) is 3.73. The van der Waals surface area contributed by atoms with E-state index in [0.29, 0.717) is 12.2 Å². The molecule has 1 aromatic rings. The number of aliphatic hydroxyl groups excluding tert-OH is 1. The fraction of sp³-hybridized carbons (Fsp3) is 0.450. The summed E-state index contributed by atoms with van der Waals surface area (Å²) in [5, 5.41) is 13.1. The van der Waals surface area contributed by atoms with Crippen molar-refractivity contribution in [2.24, 2.45) is 9.98 Å². The second-order valence-corrected chi connectivity index (χ2v) is 7.38. The molecule has 27 heavy (non-hydrogen) atoms. The van der Waals surface area contributed by atoms with Crippen LogP contribution in [0.3, 0.4) is 0 Å². The summed E-state index contributed by atoms with van der Waals surface area (Å²) in [4.78, 5) is 25.2. The zero-order valence-corrected chi connectivity index (χ0v) is 15.5. The second-order valence-electron chi connectivity index (χ2n) is 7.38. The molecule has 0 unspecified atom stereocenters. The van der Waals surface area contributed by atoms with Gasteiger partial charge in [0.1, 0.15) is 11.5 Å². The van der Waals surface area contributed by atoms with Gasteiger partial charge in [-0.2, -0.15) is 0 Å². The lowest BCUT2D eigenvalue weighted by Gasteiger charge is -2.30. The highest BCUT2D eigenvalue weighted by Gasteiger charge is 2.25. The van der Waals surface area contributed by atoms with E-state index in [-0.39, 0.29) is 18.5 Å². The second kappa shape index (κ2) is 7.62. The van der Waals surface area contributed by atoms with Crippen molar-refractivity contribution in [2.45, 2.75) is 32.0 Å². The van der Waals surface area contributed by atoms with Crippen LogP contribution in [-0.2, 0) is 17.8 Å². The van der Waals surface area contributed by atoms with Crippen molar-refractivity contribution < 1.29 is 9.90 Å². The summed E-state index contributed by atoms with van der Waals surface area (Å²) in [5.74, 6) is 0.492. The molecule has 2 atom stereocenters.